The summed E-state index contributed by atoms with van der Waals surface area (Å²) >= 11 is 0. The molecular weight excluding hydrogens is 258 g/mol. The molecule has 20 heavy (non-hydrogen) atoms. The molecule has 0 heterocycles. The van der Waals surface area contributed by atoms with E-state index in [2.05, 4.69) is 0 Å². The number of amides is 1. The Labute approximate surface area is 116 Å². The van der Waals surface area contributed by atoms with E-state index in [1.807, 2.05) is 12.1 Å². The predicted molar refractivity (Wildman–Crippen MR) is 74.2 cm³/mol. The molecular formula is C15H15NO4. The van der Waals surface area contributed by atoms with Crippen molar-refractivity contribution in [3.63, 3.8) is 0 Å². The van der Waals surface area contributed by atoms with Gasteiger partial charge in [0.2, 0.25) is 0 Å². The van der Waals surface area contributed by atoms with E-state index in [0.29, 0.717) is 17.1 Å². The Balaban J connectivity index is 2.38. The van der Waals surface area contributed by atoms with Crippen molar-refractivity contribution in [2.75, 3.05) is 14.2 Å². The zero-order chi connectivity index (χ0) is 14.5. The average Bonchev–Trinajstić information content (AvgIpc) is 2.53. The number of methoxy groups -OCH3 is 2. The lowest BCUT2D eigenvalue weighted by molar-refractivity contribution is 0.0706. The summed E-state index contributed by atoms with van der Waals surface area (Å²) in [7, 11) is 3.18. The van der Waals surface area contributed by atoms with Crippen molar-refractivity contribution in [3.05, 3.63) is 48.0 Å². The fourth-order valence-corrected chi connectivity index (χ4v) is 1.90. The fourth-order valence-electron chi connectivity index (χ4n) is 1.90. The summed E-state index contributed by atoms with van der Waals surface area (Å²) in [6, 6.07) is 12.4. The van der Waals surface area contributed by atoms with Crippen molar-refractivity contribution in [2.45, 2.75) is 0 Å². The zero-order valence-electron chi connectivity index (χ0n) is 11.2. The highest BCUT2D eigenvalue weighted by molar-refractivity contribution is 5.93. The lowest BCUT2D eigenvalue weighted by atomic mass is 10.0. The van der Waals surface area contributed by atoms with E-state index in [-0.39, 0.29) is 0 Å². The van der Waals surface area contributed by atoms with Gasteiger partial charge in [0.15, 0.2) is 0 Å². The molecule has 2 aromatic carbocycles. The Morgan fingerprint density at radius 1 is 1.05 bits per heavy atom. The Hall–Kier alpha value is -2.53. The number of rotatable bonds is 4. The van der Waals surface area contributed by atoms with Crippen LogP contribution in [-0.4, -0.2) is 25.3 Å². The minimum Gasteiger partial charge on any atom is -0.497 e. The van der Waals surface area contributed by atoms with Crippen molar-refractivity contribution >= 4 is 5.91 Å². The maximum absolute atomic E-state index is 11.3. The van der Waals surface area contributed by atoms with Gasteiger partial charge in [0.25, 0.3) is 5.91 Å². The summed E-state index contributed by atoms with van der Waals surface area (Å²) in [6.07, 6.45) is 0. The van der Waals surface area contributed by atoms with Crippen LogP contribution in [0.5, 0.6) is 11.5 Å². The first-order valence-corrected chi connectivity index (χ1v) is 5.96. The van der Waals surface area contributed by atoms with E-state index in [4.69, 9.17) is 14.7 Å². The summed E-state index contributed by atoms with van der Waals surface area (Å²) in [6.45, 7) is 0. The van der Waals surface area contributed by atoms with Crippen molar-refractivity contribution in [3.8, 4) is 22.6 Å². The Bertz CT molecular complexity index is 608. The highest BCUT2D eigenvalue weighted by Crippen LogP contribution is 2.33. The van der Waals surface area contributed by atoms with E-state index in [1.165, 1.54) is 0 Å². The SMILES string of the molecule is COc1ccc(-c2ccc(C(=O)NO)cc2)c(OC)c1. The van der Waals surface area contributed by atoms with Crippen LogP contribution in [0.3, 0.4) is 0 Å². The van der Waals surface area contributed by atoms with Crippen LogP contribution in [0.15, 0.2) is 42.5 Å². The molecule has 0 fully saturated rings. The fraction of sp³-hybridized carbons (Fsp3) is 0.133. The monoisotopic (exact) mass is 273 g/mol. The van der Waals surface area contributed by atoms with E-state index in [0.717, 1.165) is 11.1 Å². The highest BCUT2D eigenvalue weighted by atomic mass is 16.5. The van der Waals surface area contributed by atoms with Gasteiger partial charge in [-0.2, -0.15) is 0 Å². The standard InChI is InChI=1S/C15H15NO4/c1-19-12-7-8-13(14(9-12)20-2)10-3-5-11(6-4-10)15(17)16-18/h3-9,18H,1-2H3,(H,16,17). The number of carbonyl (C=O) groups excluding carboxylic acids is 1. The lowest BCUT2D eigenvalue weighted by Gasteiger charge is -2.11. The van der Waals surface area contributed by atoms with Gasteiger partial charge in [-0.15, -0.1) is 0 Å². The van der Waals surface area contributed by atoms with Gasteiger partial charge in [-0.3, -0.25) is 10.0 Å². The van der Waals surface area contributed by atoms with Gasteiger partial charge in [-0.1, -0.05) is 12.1 Å². The van der Waals surface area contributed by atoms with E-state index in [1.54, 1.807) is 50.0 Å². The van der Waals surface area contributed by atoms with Gasteiger partial charge >= 0.3 is 0 Å². The van der Waals surface area contributed by atoms with Crippen LogP contribution in [0.4, 0.5) is 0 Å². The van der Waals surface area contributed by atoms with Crippen LogP contribution in [0.1, 0.15) is 10.4 Å². The Morgan fingerprint density at radius 3 is 2.30 bits per heavy atom. The van der Waals surface area contributed by atoms with Crippen LogP contribution in [0.25, 0.3) is 11.1 Å². The number of hydrogen-bond acceptors (Lipinski definition) is 4. The number of benzene rings is 2. The van der Waals surface area contributed by atoms with E-state index in [9.17, 15) is 4.79 Å². The van der Waals surface area contributed by atoms with E-state index < -0.39 is 5.91 Å². The molecule has 0 aromatic heterocycles. The van der Waals surface area contributed by atoms with Gasteiger partial charge in [0.1, 0.15) is 11.5 Å². The normalized spacial score (nSPS) is 9.95. The summed E-state index contributed by atoms with van der Waals surface area (Å²) in [4.78, 5) is 11.3. The highest BCUT2D eigenvalue weighted by Gasteiger charge is 2.09. The summed E-state index contributed by atoms with van der Waals surface area (Å²) in [5.74, 6) is 0.851. The molecule has 0 bridgehead atoms. The Morgan fingerprint density at radius 2 is 1.75 bits per heavy atom. The number of nitrogens with one attached hydrogen (secondary N) is 1. The van der Waals surface area contributed by atoms with Crippen molar-refractivity contribution in [1.29, 1.82) is 0 Å². The van der Waals surface area contributed by atoms with Crippen LogP contribution >= 0.6 is 0 Å². The van der Waals surface area contributed by atoms with Crippen molar-refractivity contribution in [2.24, 2.45) is 0 Å². The third kappa shape index (κ3) is 2.73. The molecule has 0 saturated carbocycles. The van der Waals surface area contributed by atoms with Crippen molar-refractivity contribution in [1.82, 2.24) is 5.48 Å². The smallest absolute Gasteiger partial charge is 0.274 e. The number of carbonyl (C=O) groups is 1. The van der Waals surface area contributed by atoms with Crippen LogP contribution < -0.4 is 15.0 Å². The largest absolute Gasteiger partial charge is 0.497 e. The second-order valence-corrected chi connectivity index (χ2v) is 4.08. The first kappa shape index (κ1) is 13.9. The molecule has 1 amide bonds. The zero-order valence-corrected chi connectivity index (χ0v) is 11.2. The topological polar surface area (TPSA) is 67.8 Å². The summed E-state index contributed by atoms with van der Waals surface area (Å²) in [5, 5.41) is 8.58. The van der Waals surface area contributed by atoms with Gasteiger partial charge in [-0.25, -0.2) is 5.48 Å². The van der Waals surface area contributed by atoms with Gasteiger partial charge in [-0.05, 0) is 29.8 Å². The molecule has 2 N–H and O–H groups in total. The molecule has 0 spiro atoms. The average molecular weight is 273 g/mol. The molecule has 0 unspecified atom stereocenters. The molecule has 0 aliphatic rings. The molecule has 0 aliphatic heterocycles. The molecule has 5 nitrogen and oxygen atoms in total. The number of hydrogen-bond donors (Lipinski definition) is 2. The summed E-state index contributed by atoms with van der Waals surface area (Å²) < 4.78 is 10.5. The number of ether oxygens (including phenoxy) is 2. The molecule has 2 rings (SSSR count). The maximum Gasteiger partial charge on any atom is 0.274 e. The van der Waals surface area contributed by atoms with Gasteiger partial charge < -0.3 is 9.47 Å². The quantitative estimate of drug-likeness (QED) is 0.663. The predicted octanol–water partition coefficient (Wildman–Crippen LogP) is 2.49. The molecule has 2 aromatic rings. The maximum atomic E-state index is 11.3. The second-order valence-electron chi connectivity index (χ2n) is 4.08. The van der Waals surface area contributed by atoms with Crippen molar-refractivity contribution < 1.29 is 19.5 Å². The molecule has 0 saturated heterocycles. The van der Waals surface area contributed by atoms with Gasteiger partial charge in [0.05, 0.1) is 14.2 Å². The van der Waals surface area contributed by atoms with Crippen LogP contribution in [0.2, 0.25) is 0 Å². The third-order valence-electron chi connectivity index (χ3n) is 2.97. The molecule has 0 radical (unpaired) electrons. The van der Waals surface area contributed by atoms with Gasteiger partial charge in [0, 0.05) is 17.2 Å². The van der Waals surface area contributed by atoms with Crippen LogP contribution in [0, 0.1) is 0 Å². The summed E-state index contributed by atoms with van der Waals surface area (Å²) in [5.41, 5.74) is 3.77. The molecule has 104 valence electrons. The minimum atomic E-state index is -0.543. The first-order chi connectivity index (χ1) is 9.69. The third-order valence-corrected chi connectivity index (χ3v) is 2.97. The second kappa shape index (κ2) is 6.08. The Kier molecular flexibility index (Phi) is 4.22. The van der Waals surface area contributed by atoms with Crippen LogP contribution in [-0.2, 0) is 0 Å². The minimum absolute atomic E-state index is 0.378. The lowest BCUT2D eigenvalue weighted by Crippen LogP contribution is -2.18. The van der Waals surface area contributed by atoms with E-state index >= 15 is 0 Å². The molecule has 5 heteroatoms. The number of hydroxylamine groups is 1. The molecule has 0 atom stereocenters. The first-order valence-electron chi connectivity index (χ1n) is 5.96. The molecule has 0 aliphatic carbocycles.